The molecule has 1 aliphatic heterocycles. The van der Waals surface area contributed by atoms with Crippen LogP contribution in [0, 0.1) is 5.92 Å². The van der Waals surface area contributed by atoms with E-state index in [-0.39, 0.29) is 17.9 Å². The van der Waals surface area contributed by atoms with Crippen molar-refractivity contribution in [2.45, 2.75) is 45.3 Å². The summed E-state index contributed by atoms with van der Waals surface area (Å²) in [7, 11) is 0. The zero-order chi connectivity index (χ0) is 17.5. The highest BCUT2D eigenvalue weighted by Gasteiger charge is 2.45. The quantitative estimate of drug-likeness (QED) is 0.923. The minimum absolute atomic E-state index is 0.0338. The molecule has 7 heteroatoms. The van der Waals surface area contributed by atoms with E-state index >= 15 is 0 Å². The van der Waals surface area contributed by atoms with Gasteiger partial charge in [-0.1, -0.05) is 6.07 Å². The molecule has 2 aromatic rings. The van der Waals surface area contributed by atoms with E-state index in [4.69, 9.17) is 0 Å². The molecule has 2 aromatic heterocycles. The fraction of sp³-hybridized carbons (Fsp3) is 0.471. The number of rotatable bonds is 4. The molecule has 1 aliphatic rings. The third-order valence-corrected chi connectivity index (χ3v) is 5.15. The van der Waals surface area contributed by atoms with Gasteiger partial charge in [0.25, 0.3) is 0 Å². The zero-order valence-electron chi connectivity index (χ0n) is 14.0. The maximum absolute atomic E-state index is 12.4. The zero-order valence-corrected chi connectivity index (χ0v) is 14.8. The highest BCUT2D eigenvalue weighted by Crippen LogP contribution is 2.40. The number of thiophene rings is 1. The van der Waals surface area contributed by atoms with Crippen LogP contribution in [-0.4, -0.2) is 31.7 Å². The molecule has 24 heavy (non-hydrogen) atoms. The Morgan fingerprint density at radius 1 is 1.46 bits per heavy atom. The summed E-state index contributed by atoms with van der Waals surface area (Å²) in [5.41, 5.74) is 0.581. The van der Waals surface area contributed by atoms with Crippen molar-refractivity contribution in [2.24, 2.45) is 5.92 Å². The highest BCUT2D eigenvalue weighted by atomic mass is 32.1. The first kappa shape index (κ1) is 16.7. The molecule has 0 aromatic carbocycles. The van der Waals surface area contributed by atoms with Crippen molar-refractivity contribution < 1.29 is 14.7 Å². The van der Waals surface area contributed by atoms with Crippen LogP contribution in [0.1, 0.15) is 43.7 Å². The first-order chi connectivity index (χ1) is 11.3. The van der Waals surface area contributed by atoms with Gasteiger partial charge in [-0.25, -0.2) is 0 Å². The highest BCUT2D eigenvalue weighted by molar-refractivity contribution is 7.09. The van der Waals surface area contributed by atoms with Crippen molar-refractivity contribution in [2.75, 3.05) is 0 Å². The topological polar surface area (TPSA) is 75.4 Å². The van der Waals surface area contributed by atoms with Crippen molar-refractivity contribution in [3.8, 4) is 0 Å². The number of amides is 1. The van der Waals surface area contributed by atoms with Crippen LogP contribution in [0.5, 0.6) is 0 Å². The number of carboxylic acids is 1. The second kappa shape index (κ2) is 6.05. The summed E-state index contributed by atoms with van der Waals surface area (Å²) >= 11 is 1.57. The van der Waals surface area contributed by atoms with Crippen LogP contribution in [0.25, 0.3) is 0 Å². The van der Waals surface area contributed by atoms with Gasteiger partial charge in [0.1, 0.15) is 0 Å². The van der Waals surface area contributed by atoms with E-state index in [1.54, 1.807) is 22.4 Å². The molecular formula is C17H21N3O3S. The van der Waals surface area contributed by atoms with Gasteiger partial charge in [-0.15, -0.1) is 11.3 Å². The lowest BCUT2D eigenvalue weighted by atomic mass is 9.96. The Bertz CT molecular complexity index is 745. The van der Waals surface area contributed by atoms with Crippen molar-refractivity contribution in [3.63, 3.8) is 0 Å². The van der Waals surface area contributed by atoms with Gasteiger partial charge in [0.05, 0.1) is 30.2 Å². The van der Waals surface area contributed by atoms with E-state index < -0.39 is 17.9 Å². The monoisotopic (exact) mass is 347 g/mol. The third kappa shape index (κ3) is 3.08. The lowest BCUT2D eigenvalue weighted by Gasteiger charge is -2.26. The van der Waals surface area contributed by atoms with Gasteiger partial charge in [-0.05, 0) is 32.2 Å². The summed E-state index contributed by atoms with van der Waals surface area (Å²) < 4.78 is 1.81. The molecule has 0 spiro atoms. The maximum atomic E-state index is 12.4. The van der Waals surface area contributed by atoms with Crippen LogP contribution in [0.3, 0.4) is 0 Å². The second-order valence-corrected chi connectivity index (χ2v) is 8.12. The van der Waals surface area contributed by atoms with Gasteiger partial charge in [-0.3, -0.25) is 14.3 Å². The van der Waals surface area contributed by atoms with Gasteiger partial charge in [-0.2, -0.15) is 5.10 Å². The maximum Gasteiger partial charge on any atom is 0.309 e. The number of likely N-dealkylation sites (tertiary alicyclic amines) is 1. The fourth-order valence-corrected chi connectivity index (χ4v) is 3.74. The summed E-state index contributed by atoms with van der Waals surface area (Å²) in [6.45, 7) is 6.52. The number of aromatic nitrogens is 2. The number of hydrogen-bond donors (Lipinski definition) is 1. The van der Waals surface area contributed by atoms with Crippen molar-refractivity contribution in [1.82, 2.24) is 14.7 Å². The minimum Gasteiger partial charge on any atom is -0.481 e. The van der Waals surface area contributed by atoms with Crippen LogP contribution in [-0.2, 0) is 21.7 Å². The molecule has 1 amide bonds. The van der Waals surface area contributed by atoms with Crippen LogP contribution < -0.4 is 0 Å². The van der Waals surface area contributed by atoms with Crippen molar-refractivity contribution in [1.29, 1.82) is 0 Å². The summed E-state index contributed by atoms with van der Waals surface area (Å²) in [4.78, 5) is 26.8. The number of hydrogen-bond acceptors (Lipinski definition) is 4. The van der Waals surface area contributed by atoms with E-state index in [1.807, 2.05) is 49.2 Å². The molecule has 128 valence electrons. The molecule has 1 N–H and O–H groups in total. The van der Waals surface area contributed by atoms with E-state index in [0.29, 0.717) is 6.54 Å². The smallest absolute Gasteiger partial charge is 0.309 e. The fourth-order valence-electron chi connectivity index (χ4n) is 3.04. The predicted molar refractivity (Wildman–Crippen MR) is 90.6 cm³/mol. The Labute approximate surface area is 144 Å². The SMILES string of the molecule is CC(C)(C)n1cc([C@@H]2[C@H](C(=O)O)CC(=O)N2Cc2cccs2)cn1. The largest absolute Gasteiger partial charge is 0.481 e. The van der Waals surface area contributed by atoms with Crippen LogP contribution in [0.15, 0.2) is 29.9 Å². The molecule has 0 radical (unpaired) electrons. The molecule has 0 bridgehead atoms. The molecule has 1 fully saturated rings. The summed E-state index contributed by atoms with van der Waals surface area (Å²) in [5.74, 6) is -1.80. The Hall–Kier alpha value is -2.15. The van der Waals surface area contributed by atoms with Crippen LogP contribution >= 0.6 is 11.3 Å². The van der Waals surface area contributed by atoms with E-state index in [1.165, 1.54) is 0 Å². The number of carboxylic acid groups (broad SMARTS) is 1. The van der Waals surface area contributed by atoms with E-state index in [2.05, 4.69) is 5.10 Å². The summed E-state index contributed by atoms with van der Waals surface area (Å²) in [6, 6.07) is 3.41. The number of carbonyl (C=O) groups is 2. The predicted octanol–water partition coefficient (Wildman–Crippen LogP) is 2.87. The van der Waals surface area contributed by atoms with Crippen molar-refractivity contribution in [3.05, 3.63) is 40.3 Å². The Morgan fingerprint density at radius 2 is 2.21 bits per heavy atom. The van der Waals surface area contributed by atoms with Gasteiger partial charge < -0.3 is 10.0 Å². The lowest BCUT2D eigenvalue weighted by molar-refractivity contribution is -0.142. The average Bonchev–Trinajstić information content (AvgIpc) is 3.19. The van der Waals surface area contributed by atoms with E-state index in [9.17, 15) is 14.7 Å². The second-order valence-electron chi connectivity index (χ2n) is 7.08. The molecule has 0 unspecified atom stereocenters. The Balaban J connectivity index is 1.96. The molecule has 1 saturated heterocycles. The van der Waals surface area contributed by atoms with Gasteiger partial charge >= 0.3 is 5.97 Å². The molecule has 0 saturated carbocycles. The molecule has 3 rings (SSSR count). The molecule has 6 nitrogen and oxygen atoms in total. The Kier molecular flexibility index (Phi) is 4.21. The first-order valence-electron chi connectivity index (χ1n) is 7.87. The van der Waals surface area contributed by atoms with Gasteiger partial charge in [0, 0.05) is 23.1 Å². The summed E-state index contributed by atoms with van der Waals surface area (Å²) in [5, 5.41) is 15.9. The number of carbonyl (C=O) groups excluding carboxylic acids is 1. The molecule has 2 atom stereocenters. The molecule has 3 heterocycles. The van der Waals surface area contributed by atoms with Gasteiger partial charge in [0.15, 0.2) is 0 Å². The normalized spacial score (nSPS) is 21.5. The van der Waals surface area contributed by atoms with Crippen LogP contribution in [0.4, 0.5) is 0 Å². The first-order valence-corrected chi connectivity index (χ1v) is 8.75. The molecular weight excluding hydrogens is 326 g/mol. The minimum atomic E-state index is -0.939. The number of aliphatic carboxylic acids is 1. The molecule has 0 aliphatic carbocycles. The Morgan fingerprint density at radius 3 is 2.75 bits per heavy atom. The number of nitrogens with zero attached hydrogens (tertiary/aromatic N) is 3. The van der Waals surface area contributed by atoms with Gasteiger partial charge in [0.2, 0.25) is 5.91 Å². The lowest BCUT2D eigenvalue weighted by Crippen LogP contribution is -2.30. The summed E-state index contributed by atoms with van der Waals surface area (Å²) in [6.07, 6.45) is 3.58. The standard InChI is InChI=1S/C17H21N3O3S/c1-17(2,3)20-9-11(8-18-20)15-13(16(22)23)7-14(21)19(15)10-12-5-4-6-24-12/h4-6,8-9,13,15H,7,10H2,1-3H3,(H,22,23)/t13-,15-/m1/s1. The van der Waals surface area contributed by atoms with Crippen LogP contribution in [0.2, 0.25) is 0 Å². The van der Waals surface area contributed by atoms with E-state index in [0.717, 1.165) is 10.4 Å². The third-order valence-electron chi connectivity index (χ3n) is 4.29. The van der Waals surface area contributed by atoms with Crippen molar-refractivity contribution >= 4 is 23.2 Å². The average molecular weight is 347 g/mol.